The molecule has 4 nitrogen and oxygen atoms in total. The van der Waals surface area contributed by atoms with Crippen molar-refractivity contribution in [2.45, 2.75) is 32.7 Å². The number of carboxylic acid groups (broad SMARTS) is 1. The Kier molecular flexibility index (Phi) is 4.76. The Morgan fingerprint density at radius 1 is 1.39 bits per heavy atom. The van der Waals surface area contributed by atoms with Crippen molar-refractivity contribution in [2.75, 3.05) is 6.54 Å². The van der Waals surface area contributed by atoms with E-state index in [1.54, 1.807) is 17.0 Å². The molecular formula is C12H16ClNO3S. The highest BCUT2D eigenvalue weighted by Crippen LogP contribution is 2.25. The van der Waals surface area contributed by atoms with Crippen molar-refractivity contribution < 1.29 is 14.7 Å². The van der Waals surface area contributed by atoms with Crippen LogP contribution in [0, 0.1) is 0 Å². The molecule has 1 aromatic heterocycles. The topological polar surface area (TPSA) is 57.6 Å². The summed E-state index contributed by atoms with van der Waals surface area (Å²) in [5, 5.41) is 8.73. The minimum atomic E-state index is -0.915. The molecule has 100 valence electrons. The number of carbonyl (C=O) groups excluding carboxylic acids is 1. The number of hydrogen-bond donors (Lipinski definition) is 1. The van der Waals surface area contributed by atoms with Gasteiger partial charge in [-0.05, 0) is 32.9 Å². The van der Waals surface area contributed by atoms with Gasteiger partial charge in [-0.2, -0.15) is 0 Å². The third-order valence-electron chi connectivity index (χ3n) is 2.39. The minimum Gasteiger partial charge on any atom is -0.481 e. The summed E-state index contributed by atoms with van der Waals surface area (Å²) in [5.41, 5.74) is -0.428. The molecule has 0 aliphatic rings. The molecule has 1 N–H and O–H groups in total. The molecule has 0 bridgehead atoms. The summed E-state index contributed by atoms with van der Waals surface area (Å²) < 4.78 is 0.547. The lowest BCUT2D eigenvalue weighted by Gasteiger charge is -2.35. The molecule has 0 aliphatic carbocycles. The highest BCUT2D eigenvalue weighted by molar-refractivity contribution is 7.17. The highest BCUT2D eigenvalue weighted by atomic mass is 35.5. The molecule has 0 radical (unpaired) electrons. The van der Waals surface area contributed by atoms with Gasteiger partial charge in [0, 0.05) is 12.1 Å². The summed E-state index contributed by atoms with van der Waals surface area (Å²) in [6, 6.07) is 3.33. The van der Waals surface area contributed by atoms with Crippen molar-refractivity contribution in [1.29, 1.82) is 0 Å². The zero-order valence-corrected chi connectivity index (χ0v) is 12.1. The Bertz CT molecular complexity index is 450. The van der Waals surface area contributed by atoms with Crippen LogP contribution < -0.4 is 0 Å². The summed E-state index contributed by atoms with van der Waals surface area (Å²) in [6.45, 7) is 5.82. The van der Waals surface area contributed by atoms with Crippen molar-refractivity contribution in [2.24, 2.45) is 0 Å². The van der Waals surface area contributed by atoms with Crippen molar-refractivity contribution in [3.63, 3.8) is 0 Å². The lowest BCUT2D eigenvalue weighted by atomic mass is 10.1. The molecule has 0 aromatic carbocycles. The zero-order valence-electron chi connectivity index (χ0n) is 10.6. The average molecular weight is 290 g/mol. The molecule has 18 heavy (non-hydrogen) atoms. The van der Waals surface area contributed by atoms with E-state index in [9.17, 15) is 9.59 Å². The quantitative estimate of drug-likeness (QED) is 0.926. The molecule has 1 rings (SSSR count). The van der Waals surface area contributed by atoms with E-state index in [1.807, 2.05) is 20.8 Å². The van der Waals surface area contributed by atoms with Crippen LogP contribution in [-0.4, -0.2) is 34.0 Å². The molecule has 1 aromatic rings. The van der Waals surface area contributed by atoms with Crippen LogP contribution in [0.15, 0.2) is 12.1 Å². The number of carbonyl (C=O) groups is 2. The fraction of sp³-hybridized carbons (Fsp3) is 0.500. The number of hydrogen-bond acceptors (Lipinski definition) is 3. The van der Waals surface area contributed by atoms with E-state index in [0.717, 1.165) is 0 Å². The van der Waals surface area contributed by atoms with Crippen molar-refractivity contribution in [1.82, 2.24) is 4.90 Å². The van der Waals surface area contributed by atoms with E-state index in [0.29, 0.717) is 9.21 Å². The molecular weight excluding hydrogens is 274 g/mol. The van der Waals surface area contributed by atoms with E-state index < -0.39 is 11.5 Å². The zero-order chi connectivity index (χ0) is 13.9. The normalized spacial score (nSPS) is 11.3. The van der Waals surface area contributed by atoms with Crippen molar-refractivity contribution in [3.05, 3.63) is 21.3 Å². The second-order valence-corrected chi connectivity index (χ2v) is 6.59. The van der Waals surface area contributed by atoms with Crippen molar-refractivity contribution in [3.8, 4) is 0 Å². The van der Waals surface area contributed by atoms with Crippen LogP contribution in [0.3, 0.4) is 0 Å². The molecule has 1 amide bonds. The van der Waals surface area contributed by atoms with Gasteiger partial charge in [0.25, 0.3) is 5.91 Å². The number of aliphatic carboxylic acids is 1. The molecule has 1 heterocycles. The van der Waals surface area contributed by atoms with E-state index in [2.05, 4.69) is 0 Å². The van der Waals surface area contributed by atoms with Crippen LogP contribution >= 0.6 is 22.9 Å². The average Bonchev–Trinajstić information content (AvgIpc) is 2.62. The van der Waals surface area contributed by atoms with Gasteiger partial charge in [0.15, 0.2) is 0 Å². The Morgan fingerprint density at radius 3 is 2.39 bits per heavy atom. The third kappa shape index (κ3) is 3.99. The number of rotatable bonds is 4. The van der Waals surface area contributed by atoms with E-state index >= 15 is 0 Å². The maximum absolute atomic E-state index is 12.3. The second-order valence-electron chi connectivity index (χ2n) is 4.88. The Balaban J connectivity index is 2.89. The van der Waals surface area contributed by atoms with Crippen LogP contribution in [0.1, 0.15) is 36.9 Å². The second kappa shape index (κ2) is 5.71. The van der Waals surface area contributed by atoms with Gasteiger partial charge in [0.2, 0.25) is 0 Å². The van der Waals surface area contributed by atoms with Crippen LogP contribution in [0.5, 0.6) is 0 Å². The number of thiophene rings is 1. The van der Waals surface area contributed by atoms with Gasteiger partial charge in [-0.3, -0.25) is 9.59 Å². The number of carboxylic acids is 1. The summed E-state index contributed by atoms with van der Waals surface area (Å²) in [6.07, 6.45) is -0.0673. The molecule has 0 unspecified atom stereocenters. The van der Waals surface area contributed by atoms with Gasteiger partial charge in [-0.15, -0.1) is 11.3 Å². The Hall–Kier alpha value is -1.07. The number of nitrogens with zero attached hydrogens (tertiary/aromatic N) is 1. The van der Waals surface area contributed by atoms with Crippen LogP contribution in [0.2, 0.25) is 4.34 Å². The summed E-state index contributed by atoms with van der Waals surface area (Å²) >= 11 is 7.01. The molecule has 0 saturated carbocycles. The molecule has 0 aliphatic heterocycles. The van der Waals surface area contributed by atoms with Gasteiger partial charge in [0.1, 0.15) is 0 Å². The van der Waals surface area contributed by atoms with E-state index in [1.165, 1.54) is 11.3 Å². The molecule has 0 fully saturated rings. The third-order valence-corrected chi connectivity index (χ3v) is 3.61. The highest BCUT2D eigenvalue weighted by Gasteiger charge is 2.28. The Morgan fingerprint density at radius 2 is 2.00 bits per heavy atom. The first-order valence-corrected chi connectivity index (χ1v) is 6.70. The Labute approximate surface area is 115 Å². The standard InChI is InChI=1S/C12H16ClNO3S/c1-12(2,3)14(7-6-10(15)16)11(17)8-4-5-9(13)18-8/h4-5H,6-7H2,1-3H3,(H,15,16). The van der Waals surface area contributed by atoms with E-state index in [4.69, 9.17) is 16.7 Å². The molecule has 0 atom stereocenters. The fourth-order valence-corrected chi connectivity index (χ4v) is 2.50. The smallest absolute Gasteiger partial charge is 0.305 e. The van der Waals surface area contributed by atoms with Gasteiger partial charge in [-0.1, -0.05) is 11.6 Å². The van der Waals surface area contributed by atoms with Gasteiger partial charge >= 0.3 is 5.97 Å². The predicted molar refractivity (Wildman–Crippen MR) is 72.4 cm³/mol. The van der Waals surface area contributed by atoms with Crippen LogP contribution in [0.25, 0.3) is 0 Å². The first-order valence-electron chi connectivity index (χ1n) is 5.51. The lowest BCUT2D eigenvalue weighted by Crippen LogP contribution is -2.46. The van der Waals surface area contributed by atoms with Crippen LogP contribution in [-0.2, 0) is 4.79 Å². The van der Waals surface area contributed by atoms with Crippen molar-refractivity contribution >= 4 is 34.8 Å². The fourth-order valence-electron chi connectivity index (χ4n) is 1.51. The van der Waals surface area contributed by atoms with Gasteiger partial charge in [0.05, 0.1) is 15.6 Å². The maximum atomic E-state index is 12.3. The SMILES string of the molecule is CC(C)(C)N(CCC(=O)O)C(=O)c1ccc(Cl)s1. The van der Waals surface area contributed by atoms with Crippen LogP contribution in [0.4, 0.5) is 0 Å². The monoisotopic (exact) mass is 289 g/mol. The molecule has 0 spiro atoms. The summed E-state index contributed by atoms with van der Waals surface area (Å²) in [4.78, 5) is 25.0. The molecule has 0 saturated heterocycles. The first-order chi connectivity index (χ1) is 8.21. The first kappa shape index (κ1) is 15.0. The summed E-state index contributed by atoms with van der Waals surface area (Å²) in [5.74, 6) is -1.10. The van der Waals surface area contributed by atoms with E-state index in [-0.39, 0.29) is 18.9 Å². The summed E-state index contributed by atoms with van der Waals surface area (Å²) in [7, 11) is 0. The lowest BCUT2D eigenvalue weighted by molar-refractivity contribution is -0.137. The maximum Gasteiger partial charge on any atom is 0.305 e. The van der Waals surface area contributed by atoms with Gasteiger partial charge < -0.3 is 10.0 Å². The number of halogens is 1. The van der Waals surface area contributed by atoms with Gasteiger partial charge in [-0.25, -0.2) is 0 Å². The largest absolute Gasteiger partial charge is 0.481 e. The minimum absolute atomic E-state index is 0.0673. The predicted octanol–water partition coefficient (Wildman–Crippen LogP) is 3.12. The number of amides is 1. The molecule has 6 heteroatoms.